The molecule has 5 heteroatoms. The van der Waals surface area contributed by atoms with E-state index in [1.54, 1.807) is 0 Å². The summed E-state index contributed by atoms with van der Waals surface area (Å²) in [6.07, 6.45) is 17.4. The molecule has 0 aromatic heterocycles. The van der Waals surface area contributed by atoms with Gasteiger partial charge in [0.25, 0.3) is 21.1 Å². The summed E-state index contributed by atoms with van der Waals surface area (Å²) in [5.41, 5.74) is 0. The third kappa shape index (κ3) is 32.5. The Morgan fingerprint density at radius 2 is 0.864 bits per heavy atom. The molecule has 0 saturated carbocycles. The van der Waals surface area contributed by atoms with Gasteiger partial charge in [0.15, 0.2) is 0 Å². The fourth-order valence-corrected chi connectivity index (χ4v) is 2.43. The Hall–Kier alpha value is 0.570. The van der Waals surface area contributed by atoms with Crippen LogP contribution in [0.5, 0.6) is 0 Å². The van der Waals surface area contributed by atoms with Gasteiger partial charge in [0.05, 0.1) is 27.7 Å². The lowest BCUT2D eigenvalue weighted by Gasteiger charge is -2.23. The van der Waals surface area contributed by atoms with Gasteiger partial charge in [0.2, 0.25) is 0 Å². The number of halogens is 1. The highest BCUT2D eigenvalue weighted by molar-refractivity contribution is 4.48. The molecule has 0 radical (unpaired) electrons. The van der Waals surface area contributed by atoms with Gasteiger partial charge in [-0.2, -0.15) is 0 Å². The van der Waals surface area contributed by atoms with Crippen LogP contribution in [0, 0.1) is 0 Å². The Morgan fingerprint density at radius 1 is 0.591 bits per heavy atom. The molecule has 22 heavy (non-hydrogen) atoms. The van der Waals surface area contributed by atoms with Crippen molar-refractivity contribution in [3.63, 3.8) is 0 Å². The first kappa shape index (κ1) is 24.8. The van der Waals surface area contributed by atoms with Crippen molar-refractivity contribution < 1.29 is 35.9 Å². The molecule has 0 aromatic rings. The van der Waals surface area contributed by atoms with Crippen molar-refractivity contribution >= 4 is 0 Å². The van der Waals surface area contributed by atoms with Gasteiger partial charge in [0.1, 0.15) is 0 Å². The van der Waals surface area contributed by atoms with Gasteiger partial charge in [-0.1, -0.05) is 71.1 Å². The van der Waals surface area contributed by atoms with E-state index in [1.807, 2.05) is 0 Å². The molecule has 0 aromatic carbocycles. The molecule has 0 aliphatic rings. The van der Waals surface area contributed by atoms with E-state index in [2.05, 4.69) is 28.1 Å². The lowest BCUT2D eigenvalue weighted by molar-refractivity contribution is -1.73. The Balaban J connectivity index is 0. The maximum Gasteiger partial charge on any atom is 0.282 e. The number of rotatable bonds is 13. The van der Waals surface area contributed by atoms with E-state index in [0.717, 1.165) is 4.48 Å². The van der Waals surface area contributed by atoms with Gasteiger partial charge in [-0.3, -0.25) is 0 Å². The van der Waals surface area contributed by atoms with Gasteiger partial charge in [-0.25, -0.2) is 0 Å². The Labute approximate surface area is 147 Å². The van der Waals surface area contributed by atoms with Gasteiger partial charge >= 0.3 is 0 Å². The third-order valence-corrected chi connectivity index (χ3v) is 3.68. The van der Waals surface area contributed by atoms with E-state index in [1.165, 1.54) is 83.6 Å². The van der Waals surface area contributed by atoms with Crippen LogP contribution in [0.4, 0.5) is 0 Å². The van der Waals surface area contributed by atoms with Gasteiger partial charge in [-0.15, -0.1) is 0 Å². The van der Waals surface area contributed by atoms with Crippen molar-refractivity contribution in [3.05, 3.63) is 0 Å². The molecule has 0 atom stereocenters. The fourth-order valence-electron chi connectivity index (χ4n) is 2.43. The van der Waals surface area contributed by atoms with Crippen LogP contribution in [-0.4, -0.2) is 32.2 Å². The predicted molar refractivity (Wildman–Crippen MR) is 84.0 cm³/mol. The summed E-state index contributed by atoms with van der Waals surface area (Å²) in [5, 5.41) is 0. The Kier molecular flexibility index (Phi) is 20.2. The smallest absolute Gasteiger partial charge is 0.282 e. The number of nitrogens with zero attached hydrogens (tertiary/aromatic N) is 1. The molecule has 0 aliphatic carbocycles. The minimum absolute atomic E-state index is 1.12. The zero-order chi connectivity index (χ0) is 17.3. The van der Waals surface area contributed by atoms with Crippen LogP contribution in [0.2, 0.25) is 0 Å². The predicted octanol–water partition coefficient (Wildman–Crippen LogP) is -1.17. The number of quaternary nitrogens is 1. The number of hydrogen-bond donors (Lipinski definition) is 0. The van der Waals surface area contributed by atoms with Crippen molar-refractivity contribution in [1.82, 2.24) is 0 Å². The summed E-state index contributed by atoms with van der Waals surface area (Å²) < 4.78 is 26.8. The summed E-state index contributed by atoms with van der Waals surface area (Å²) in [7, 11) is 6.87. The molecule has 0 spiro atoms. The highest BCUT2D eigenvalue weighted by atomic mass is 127. The molecule has 0 amide bonds. The van der Waals surface area contributed by atoms with E-state index in [-0.39, 0.29) is 0 Å². The lowest BCUT2D eigenvalue weighted by atomic mass is 10.1. The van der Waals surface area contributed by atoms with Gasteiger partial charge in [-0.05, 0) is 12.8 Å². The number of hydrogen-bond acceptors (Lipinski definition) is 3. The monoisotopic (exact) mass is 431 g/mol. The zero-order valence-corrected chi connectivity index (χ0v) is 17.4. The first-order valence-electron chi connectivity index (χ1n) is 8.83. The third-order valence-electron chi connectivity index (χ3n) is 3.68. The molecule has 0 saturated heterocycles. The van der Waals surface area contributed by atoms with E-state index in [4.69, 9.17) is 10.3 Å². The van der Waals surface area contributed by atoms with Crippen molar-refractivity contribution in [2.45, 2.75) is 84.0 Å². The van der Waals surface area contributed by atoms with Crippen LogP contribution in [-0.2, 0) is 0 Å². The van der Waals surface area contributed by atoms with Crippen molar-refractivity contribution in [3.8, 4) is 0 Å². The SMILES string of the molecule is CCCCCCCCCCCCCC[N+](C)(C)C.[O-][I+2]([O-])[O-]. The zero-order valence-electron chi connectivity index (χ0n) is 15.2. The number of unbranched alkanes of at least 4 members (excludes halogenated alkanes) is 11. The van der Waals surface area contributed by atoms with Crippen LogP contribution in [0.25, 0.3) is 0 Å². The molecule has 0 aliphatic heterocycles. The Morgan fingerprint density at radius 3 is 1.14 bits per heavy atom. The van der Waals surface area contributed by atoms with E-state index in [9.17, 15) is 0 Å². The van der Waals surface area contributed by atoms with Gasteiger partial charge < -0.3 is 14.8 Å². The van der Waals surface area contributed by atoms with Crippen molar-refractivity contribution in [1.29, 1.82) is 0 Å². The lowest BCUT2D eigenvalue weighted by Crippen LogP contribution is -4.05. The highest BCUT2D eigenvalue weighted by Crippen LogP contribution is 2.12. The molecular formula is C17H38INO3. The minimum atomic E-state index is -4.01. The van der Waals surface area contributed by atoms with Crippen LogP contribution in [0.1, 0.15) is 84.0 Å². The normalized spacial score (nSPS) is 11.5. The molecule has 0 heterocycles. The standard InChI is InChI=1S/C17H38N.IO3/c1-5-6-7-8-9-10-11-12-13-14-15-16-17-18(2,3)4;2-1(3)4/h5-17H2,1-4H3;/q+1;-1. The topological polar surface area (TPSA) is 69.2 Å². The molecule has 4 nitrogen and oxygen atoms in total. The minimum Gasteiger partial charge on any atom is -0.427 e. The quantitative estimate of drug-likeness (QED) is 0.210. The summed E-state index contributed by atoms with van der Waals surface area (Å²) >= 11 is -4.01. The maximum atomic E-state index is 8.57. The summed E-state index contributed by atoms with van der Waals surface area (Å²) in [5.74, 6) is 0. The molecule has 0 unspecified atom stereocenters. The van der Waals surface area contributed by atoms with E-state index >= 15 is 0 Å². The van der Waals surface area contributed by atoms with E-state index in [0.29, 0.717) is 0 Å². The molecule has 0 rings (SSSR count). The first-order chi connectivity index (χ1) is 10.3. The Bertz CT molecular complexity index is 206. The van der Waals surface area contributed by atoms with Crippen molar-refractivity contribution in [2.75, 3.05) is 27.7 Å². The summed E-state index contributed by atoms with van der Waals surface area (Å²) in [4.78, 5) is 0. The fraction of sp³-hybridized carbons (Fsp3) is 1.00. The molecular weight excluding hydrogens is 393 g/mol. The first-order valence-corrected chi connectivity index (χ1v) is 11.5. The summed E-state index contributed by atoms with van der Waals surface area (Å²) in [6.45, 7) is 3.62. The van der Waals surface area contributed by atoms with Crippen LogP contribution in [0.15, 0.2) is 0 Å². The van der Waals surface area contributed by atoms with Crippen LogP contribution < -0.4 is 31.4 Å². The molecule has 0 fully saturated rings. The van der Waals surface area contributed by atoms with Crippen LogP contribution >= 0.6 is 0 Å². The summed E-state index contributed by atoms with van der Waals surface area (Å²) in [6, 6.07) is 0. The van der Waals surface area contributed by atoms with E-state index < -0.39 is 21.1 Å². The second kappa shape index (κ2) is 17.9. The average Bonchev–Trinajstić information content (AvgIpc) is 2.38. The van der Waals surface area contributed by atoms with Gasteiger partial charge in [0, 0.05) is 0 Å². The second-order valence-corrected chi connectivity index (χ2v) is 8.17. The second-order valence-electron chi connectivity index (χ2n) is 7.09. The molecule has 0 N–H and O–H groups in total. The molecule has 0 bridgehead atoms. The largest absolute Gasteiger partial charge is 0.427 e. The maximum absolute atomic E-state index is 8.57. The van der Waals surface area contributed by atoms with Crippen molar-refractivity contribution in [2.24, 2.45) is 0 Å². The average molecular weight is 431 g/mol. The van der Waals surface area contributed by atoms with Crippen LogP contribution in [0.3, 0.4) is 0 Å². The molecule has 136 valence electrons. The highest BCUT2D eigenvalue weighted by Gasteiger charge is 2.04.